The minimum absolute atomic E-state index is 0.0779. The van der Waals surface area contributed by atoms with Crippen LogP contribution in [0.2, 0.25) is 0 Å². The number of sulfonamides is 1. The molecule has 0 aliphatic heterocycles. The Bertz CT molecular complexity index is 1210. The fourth-order valence-corrected chi connectivity index (χ4v) is 4.27. The number of carbonyl (C=O) groups excluding carboxylic acids is 2. The van der Waals surface area contributed by atoms with E-state index in [1.807, 2.05) is 30.3 Å². The first-order chi connectivity index (χ1) is 15.8. The lowest BCUT2D eigenvalue weighted by Gasteiger charge is -2.15. The second-order valence-corrected chi connectivity index (χ2v) is 8.81. The van der Waals surface area contributed by atoms with Crippen molar-refractivity contribution in [3.63, 3.8) is 0 Å². The summed E-state index contributed by atoms with van der Waals surface area (Å²) in [6, 6.07) is 21.0. The average molecular weight is 469 g/mol. The van der Waals surface area contributed by atoms with Crippen LogP contribution in [0, 0.1) is 0 Å². The van der Waals surface area contributed by atoms with Crippen molar-refractivity contribution in [2.45, 2.75) is 17.9 Å². The van der Waals surface area contributed by atoms with Crippen LogP contribution in [0.5, 0.6) is 5.75 Å². The zero-order valence-electron chi connectivity index (χ0n) is 18.1. The van der Waals surface area contributed by atoms with Crippen molar-refractivity contribution >= 4 is 27.6 Å². The van der Waals surface area contributed by atoms with Crippen LogP contribution in [-0.4, -0.2) is 34.0 Å². The van der Waals surface area contributed by atoms with Crippen LogP contribution in [0.3, 0.4) is 0 Å². The summed E-state index contributed by atoms with van der Waals surface area (Å²) >= 11 is 0. The van der Waals surface area contributed by atoms with Gasteiger partial charge in [-0.2, -0.15) is 0 Å². The van der Waals surface area contributed by atoms with Gasteiger partial charge in [-0.15, -0.1) is 0 Å². The highest BCUT2D eigenvalue weighted by Gasteiger charge is 2.18. The standard InChI is InChI=1S/C24H24N2O6S/c1-17(18-8-4-3-5-9-18)26-33(29,30)20-14-12-19(13-15-20)32-16-23(27)25-22-11-7-6-10-21(22)24(28)31-2/h3-15,17,26H,16H2,1-2H3,(H,25,27)/t17-/m0/s1. The molecule has 3 aromatic rings. The van der Waals surface area contributed by atoms with E-state index in [-0.39, 0.29) is 17.1 Å². The monoisotopic (exact) mass is 468 g/mol. The second-order valence-electron chi connectivity index (χ2n) is 7.10. The number of hydrogen-bond donors (Lipinski definition) is 2. The van der Waals surface area contributed by atoms with Gasteiger partial charge in [0.1, 0.15) is 5.75 Å². The minimum atomic E-state index is -3.74. The fourth-order valence-electron chi connectivity index (χ4n) is 3.04. The lowest BCUT2D eigenvalue weighted by atomic mass is 10.1. The first kappa shape index (κ1) is 24.0. The molecule has 0 spiro atoms. The van der Waals surface area contributed by atoms with Crippen LogP contribution in [0.4, 0.5) is 5.69 Å². The molecular formula is C24H24N2O6S. The van der Waals surface area contributed by atoms with Gasteiger partial charge in [0.15, 0.2) is 6.61 Å². The Hall–Kier alpha value is -3.69. The number of ether oxygens (including phenoxy) is 2. The quantitative estimate of drug-likeness (QED) is 0.465. The van der Waals surface area contributed by atoms with Gasteiger partial charge in [0.2, 0.25) is 10.0 Å². The molecule has 0 bridgehead atoms. The third-order valence-electron chi connectivity index (χ3n) is 4.74. The fraction of sp³-hybridized carbons (Fsp3) is 0.167. The van der Waals surface area contributed by atoms with E-state index in [2.05, 4.69) is 10.0 Å². The molecule has 0 radical (unpaired) electrons. The molecule has 3 aromatic carbocycles. The number of amides is 1. The Morgan fingerprint density at radius 3 is 2.21 bits per heavy atom. The third-order valence-corrected chi connectivity index (χ3v) is 6.30. The molecule has 3 rings (SSSR count). The molecule has 0 heterocycles. The van der Waals surface area contributed by atoms with Crippen molar-refractivity contribution in [2.75, 3.05) is 19.0 Å². The summed E-state index contributed by atoms with van der Waals surface area (Å²) in [7, 11) is -2.48. The van der Waals surface area contributed by atoms with Gasteiger partial charge in [-0.1, -0.05) is 42.5 Å². The van der Waals surface area contributed by atoms with Crippen molar-refractivity contribution in [3.8, 4) is 5.75 Å². The van der Waals surface area contributed by atoms with Crippen molar-refractivity contribution < 1.29 is 27.5 Å². The van der Waals surface area contributed by atoms with Gasteiger partial charge in [-0.3, -0.25) is 4.79 Å². The molecule has 8 nitrogen and oxygen atoms in total. The Kier molecular flexibility index (Phi) is 7.81. The molecular weight excluding hydrogens is 444 g/mol. The van der Waals surface area contributed by atoms with Gasteiger partial charge in [-0.05, 0) is 48.9 Å². The van der Waals surface area contributed by atoms with Gasteiger partial charge >= 0.3 is 5.97 Å². The maximum atomic E-state index is 12.7. The molecule has 1 amide bonds. The van der Waals surface area contributed by atoms with Crippen LogP contribution in [0.25, 0.3) is 0 Å². The van der Waals surface area contributed by atoms with Gasteiger partial charge < -0.3 is 14.8 Å². The summed E-state index contributed by atoms with van der Waals surface area (Å²) < 4.78 is 38.1. The zero-order valence-corrected chi connectivity index (χ0v) is 19.0. The predicted octanol–water partition coefficient (Wildman–Crippen LogP) is 3.53. The minimum Gasteiger partial charge on any atom is -0.484 e. The maximum absolute atomic E-state index is 12.7. The van der Waals surface area contributed by atoms with E-state index in [1.165, 1.54) is 37.4 Å². The Labute approximate surface area is 192 Å². The topological polar surface area (TPSA) is 111 Å². The molecule has 172 valence electrons. The molecule has 0 saturated carbocycles. The van der Waals surface area contributed by atoms with E-state index in [0.29, 0.717) is 11.4 Å². The predicted molar refractivity (Wildman–Crippen MR) is 124 cm³/mol. The van der Waals surface area contributed by atoms with Gasteiger partial charge in [0.25, 0.3) is 5.91 Å². The number of nitrogens with one attached hydrogen (secondary N) is 2. The Morgan fingerprint density at radius 2 is 1.55 bits per heavy atom. The molecule has 0 aromatic heterocycles. The number of anilines is 1. The summed E-state index contributed by atoms with van der Waals surface area (Å²) in [5.74, 6) is -0.735. The summed E-state index contributed by atoms with van der Waals surface area (Å²) in [5, 5.41) is 2.60. The van der Waals surface area contributed by atoms with Crippen molar-refractivity contribution in [2.24, 2.45) is 0 Å². The zero-order chi connectivity index (χ0) is 23.8. The smallest absolute Gasteiger partial charge is 0.339 e. The summed E-state index contributed by atoms with van der Waals surface area (Å²) in [6.07, 6.45) is 0. The highest BCUT2D eigenvalue weighted by Crippen LogP contribution is 2.20. The molecule has 0 unspecified atom stereocenters. The molecule has 0 aliphatic rings. The molecule has 0 fully saturated rings. The third kappa shape index (κ3) is 6.41. The largest absolute Gasteiger partial charge is 0.484 e. The maximum Gasteiger partial charge on any atom is 0.339 e. The van der Waals surface area contributed by atoms with Crippen LogP contribution in [0.1, 0.15) is 28.9 Å². The number of para-hydroxylation sites is 1. The molecule has 1 atom stereocenters. The van der Waals surface area contributed by atoms with Crippen molar-refractivity contribution in [3.05, 3.63) is 90.0 Å². The lowest BCUT2D eigenvalue weighted by Crippen LogP contribution is -2.26. The van der Waals surface area contributed by atoms with E-state index in [0.717, 1.165) is 5.56 Å². The van der Waals surface area contributed by atoms with Crippen molar-refractivity contribution in [1.29, 1.82) is 0 Å². The number of hydrogen-bond acceptors (Lipinski definition) is 6. The van der Waals surface area contributed by atoms with E-state index in [9.17, 15) is 18.0 Å². The molecule has 9 heteroatoms. The van der Waals surface area contributed by atoms with E-state index < -0.39 is 27.9 Å². The average Bonchev–Trinajstić information content (AvgIpc) is 2.83. The summed E-state index contributed by atoms with van der Waals surface area (Å²) in [4.78, 5) is 24.1. The highest BCUT2D eigenvalue weighted by atomic mass is 32.2. The highest BCUT2D eigenvalue weighted by molar-refractivity contribution is 7.89. The van der Waals surface area contributed by atoms with Crippen LogP contribution in [-0.2, 0) is 19.6 Å². The number of rotatable bonds is 9. The first-order valence-electron chi connectivity index (χ1n) is 10.1. The lowest BCUT2D eigenvalue weighted by molar-refractivity contribution is -0.118. The first-order valence-corrected chi connectivity index (χ1v) is 11.6. The summed E-state index contributed by atoms with van der Waals surface area (Å²) in [6.45, 7) is 1.44. The van der Waals surface area contributed by atoms with Crippen LogP contribution >= 0.6 is 0 Å². The van der Waals surface area contributed by atoms with Crippen LogP contribution in [0.15, 0.2) is 83.8 Å². The Morgan fingerprint density at radius 1 is 0.909 bits per heavy atom. The van der Waals surface area contributed by atoms with Gasteiger partial charge in [0, 0.05) is 6.04 Å². The molecule has 33 heavy (non-hydrogen) atoms. The SMILES string of the molecule is COC(=O)c1ccccc1NC(=O)COc1ccc(S(=O)(=O)N[C@@H](C)c2ccccc2)cc1. The molecule has 2 N–H and O–H groups in total. The molecule has 0 saturated heterocycles. The summed E-state index contributed by atoms with van der Waals surface area (Å²) in [5.41, 5.74) is 1.37. The normalized spacial score (nSPS) is 11.9. The van der Waals surface area contributed by atoms with E-state index in [1.54, 1.807) is 25.1 Å². The molecule has 0 aliphatic carbocycles. The number of carbonyl (C=O) groups is 2. The number of esters is 1. The number of methoxy groups -OCH3 is 1. The van der Waals surface area contributed by atoms with Gasteiger partial charge in [0.05, 0.1) is 23.3 Å². The van der Waals surface area contributed by atoms with E-state index in [4.69, 9.17) is 9.47 Å². The second kappa shape index (κ2) is 10.8. The van der Waals surface area contributed by atoms with Crippen LogP contribution < -0.4 is 14.8 Å². The number of benzene rings is 3. The van der Waals surface area contributed by atoms with Crippen molar-refractivity contribution in [1.82, 2.24) is 4.72 Å². The Balaban J connectivity index is 1.58. The van der Waals surface area contributed by atoms with Gasteiger partial charge in [-0.25, -0.2) is 17.9 Å². The van der Waals surface area contributed by atoms with E-state index >= 15 is 0 Å².